The second-order valence-electron chi connectivity index (χ2n) is 5.16. The number of nitrogens with zero attached hydrogens (tertiary/aromatic N) is 1. The Kier molecular flexibility index (Phi) is 5.00. The molecule has 0 aliphatic heterocycles. The van der Waals surface area contributed by atoms with Crippen LogP contribution in [0.3, 0.4) is 0 Å². The van der Waals surface area contributed by atoms with Gasteiger partial charge in [0.25, 0.3) is 0 Å². The summed E-state index contributed by atoms with van der Waals surface area (Å²) in [5, 5.41) is 10.0. The molecule has 0 amide bonds. The van der Waals surface area contributed by atoms with Crippen molar-refractivity contribution in [1.82, 2.24) is 9.29 Å². The zero-order valence-corrected chi connectivity index (χ0v) is 13.3. The van der Waals surface area contributed by atoms with Crippen molar-refractivity contribution >= 4 is 10.0 Å². The van der Waals surface area contributed by atoms with Gasteiger partial charge >= 0.3 is 0 Å². The lowest BCUT2D eigenvalue weighted by molar-refractivity contribution is 0.161. The summed E-state index contributed by atoms with van der Waals surface area (Å²) in [6.45, 7) is 1.60. The molecule has 0 bridgehead atoms. The van der Waals surface area contributed by atoms with Gasteiger partial charge in [0.15, 0.2) is 0 Å². The number of benzene rings is 1. The number of halogens is 1. The fraction of sp³-hybridized carbons (Fsp3) is 0.333. The third-order valence-electron chi connectivity index (χ3n) is 3.47. The zero-order chi connectivity index (χ0) is 16.3. The Morgan fingerprint density at radius 3 is 2.68 bits per heavy atom. The van der Waals surface area contributed by atoms with Crippen molar-refractivity contribution < 1.29 is 17.9 Å². The predicted octanol–water partition coefficient (Wildman–Crippen LogP) is 1.87. The van der Waals surface area contributed by atoms with E-state index in [0.29, 0.717) is 0 Å². The molecule has 0 aliphatic carbocycles. The van der Waals surface area contributed by atoms with Crippen LogP contribution < -0.4 is 4.72 Å². The van der Waals surface area contributed by atoms with E-state index in [-0.39, 0.29) is 23.4 Å². The van der Waals surface area contributed by atoms with Gasteiger partial charge in [0.1, 0.15) is 5.82 Å². The first-order chi connectivity index (χ1) is 10.3. The smallest absolute Gasteiger partial charge is 0.240 e. The second kappa shape index (κ2) is 6.60. The lowest BCUT2D eigenvalue weighted by Gasteiger charge is -2.13. The number of aromatic nitrogens is 1. The van der Waals surface area contributed by atoms with Gasteiger partial charge in [0.2, 0.25) is 10.0 Å². The molecular formula is C15H19FN2O3S. The number of hydrogen-bond donors (Lipinski definition) is 2. The lowest BCUT2D eigenvalue weighted by atomic mass is 10.2. The molecule has 1 atom stereocenters. The number of hydrogen-bond acceptors (Lipinski definition) is 3. The van der Waals surface area contributed by atoms with Crippen LogP contribution >= 0.6 is 0 Å². The van der Waals surface area contributed by atoms with Crippen LogP contribution in [0.15, 0.2) is 41.4 Å². The maximum atomic E-state index is 13.2. The molecule has 5 nitrogen and oxygen atoms in total. The van der Waals surface area contributed by atoms with Crippen LogP contribution in [-0.4, -0.2) is 24.6 Å². The molecule has 120 valence electrons. The highest BCUT2D eigenvalue weighted by atomic mass is 32.2. The van der Waals surface area contributed by atoms with Gasteiger partial charge in [0, 0.05) is 25.5 Å². The first-order valence-electron chi connectivity index (χ1n) is 6.86. The van der Waals surface area contributed by atoms with Crippen molar-refractivity contribution in [2.24, 2.45) is 7.05 Å². The number of rotatable bonds is 6. The molecule has 1 heterocycles. The average molecular weight is 326 g/mol. The molecule has 2 rings (SSSR count). The summed E-state index contributed by atoms with van der Waals surface area (Å²) in [5.41, 5.74) is 0.989. The van der Waals surface area contributed by atoms with Crippen molar-refractivity contribution in [3.05, 3.63) is 53.6 Å². The van der Waals surface area contributed by atoms with E-state index in [9.17, 15) is 17.9 Å². The third-order valence-corrected chi connectivity index (χ3v) is 4.93. The lowest BCUT2D eigenvalue weighted by Crippen LogP contribution is -2.26. The molecule has 0 aliphatic rings. The summed E-state index contributed by atoms with van der Waals surface area (Å²) in [6, 6.07) is 7.22. The molecule has 2 aromatic rings. The molecule has 7 heteroatoms. The zero-order valence-electron chi connectivity index (χ0n) is 12.5. The largest absolute Gasteiger partial charge is 0.387 e. The molecule has 0 saturated carbocycles. The topological polar surface area (TPSA) is 71.3 Å². The Labute approximate surface area is 129 Å². The molecule has 0 unspecified atom stereocenters. The summed E-state index contributed by atoms with van der Waals surface area (Å²) in [7, 11) is -1.90. The van der Waals surface area contributed by atoms with Crippen molar-refractivity contribution in [1.29, 1.82) is 0 Å². The quantitative estimate of drug-likeness (QED) is 0.851. The van der Waals surface area contributed by atoms with Crippen LogP contribution in [0.2, 0.25) is 0 Å². The summed E-state index contributed by atoms with van der Waals surface area (Å²) >= 11 is 0. The van der Waals surface area contributed by atoms with E-state index in [0.717, 1.165) is 11.8 Å². The van der Waals surface area contributed by atoms with Gasteiger partial charge in [-0.15, -0.1) is 0 Å². The molecule has 0 saturated heterocycles. The highest BCUT2D eigenvalue weighted by molar-refractivity contribution is 7.89. The van der Waals surface area contributed by atoms with E-state index in [4.69, 9.17) is 0 Å². The van der Waals surface area contributed by atoms with Crippen LogP contribution in [0.5, 0.6) is 0 Å². The number of aliphatic hydroxyl groups is 1. The third kappa shape index (κ3) is 3.73. The van der Waals surface area contributed by atoms with Gasteiger partial charge in [-0.25, -0.2) is 17.5 Å². The fourth-order valence-corrected chi connectivity index (χ4v) is 3.30. The minimum atomic E-state index is -3.71. The first-order valence-corrected chi connectivity index (χ1v) is 8.34. The summed E-state index contributed by atoms with van der Waals surface area (Å²) in [6.07, 6.45) is 1.30. The van der Waals surface area contributed by atoms with E-state index in [1.165, 1.54) is 19.1 Å². The summed E-state index contributed by atoms with van der Waals surface area (Å²) < 4.78 is 41.6. The van der Waals surface area contributed by atoms with Gasteiger partial charge in [-0.3, -0.25) is 0 Å². The molecule has 1 aromatic carbocycles. The van der Waals surface area contributed by atoms with Crippen molar-refractivity contribution in [2.45, 2.75) is 24.3 Å². The van der Waals surface area contributed by atoms with Crippen molar-refractivity contribution in [3.63, 3.8) is 0 Å². The Morgan fingerprint density at radius 2 is 2.09 bits per heavy atom. The monoisotopic (exact) mass is 326 g/mol. The molecular weight excluding hydrogens is 307 g/mol. The Balaban J connectivity index is 1.98. The number of nitrogens with one attached hydrogen (secondary N) is 1. The van der Waals surface area contributed by atoms with Gasteiger partial charge in [-0.2, -0.15) is 0 Å². The minimum absolute atomic E-state index is 0.0137. The normalized spacial score (nSPS) is 13.3. The summed E-state index contributed by atoms with van der Waals surface area (Å²) in [5.74, 6) is -0.446. The SMILES string of the molecule is Cc1cc(S(=O)(=O)NCC[C@H](O)c2cccn2C)ccc1F. The summed E-state index contributed by atoms with van der Waals surface area (Å²) in [4.78, 5) is 0.0137. The maximum absolute atomic E-state index is 13.2. The highest BCUT2D eigenvalue weighted by Crippen LogP contribution is 2.17. The standard InChI is InChI=1S/C15H19FN2O3S/c1-11-10-12(5-6-13(11)16)22(20,21)17-8-7-15(19)14-4-3-9-18(14)2/h3-6,9-10,15,17,19H,7-8H2,1-2H3/t15-/m0/s1. The van der Waals surface area contributed by atoms with Crippen molar-refractivity contribution in [2.75, 3.05) is 6.54 Å². The molecule has 0 radical (unpaired) electrons. The number of aryl methyl sites for hydroxylation is 2. The van der Waals surface area contributed by atoms with E-state index in [1.807, 2.05) is 19.3 Å². The Bertz CT molecular complexity index is 756. The Morgan fingerprint density at radius 1 is 1.36 bits per heavy atom. The van der Waals surface area contributed by atoms with Crippen LogP contribution in [0.1, 0.15) is 23.8 Å². The van der Waals surface area contributed by atoms with Gasteiger partial charge in [-0.05, 0) is 49.2 Å². The van der Waals surface area contributed by atoms with Crippen LogP contribution in [0.4, 0.5) is 4.39 Å². The van der Waals surface area contributed by atoms with E-state index >= 15 is 0 Å². The van der Waals surface area contributed by atoms with Gasteiger partial charge in [-0.1, -0.05) is 0 Å². The Hall–Kier alpha value is -1.70. The first kappa shape index (κ1) is 16.7. The van der Waals surface area contributed by atoms with E-state index < -0.39 is 21.9 Å². The van der Waals surface area contributed by atoms with Crippen LogP contribution in [0.25, 0.3) is 0 Å². The fourth-order valence-electron chi connectivity index (χ4n) is 2.17. The molecule has 22 heavy (non-hydrogen) atoms. The van der Waals surface area contributed by atoms with Crippen molar-refractivity contribution in [3.8, 4) is 0 Å². The van der Waals surface area contributed by atoms with Crippen LogP contribution in [-0.2, 0) is 17.1 Å². The van der Waals surface area contributed by atoms with E-state index in [2.05, 4.69) is 4.72 Å². The second-order valence-corrected chi connectivity index (χ2v) is 6.92. The average Bonchev–Trinajstić information content (AvgIpc) is 2.87. The molecule has 2 N–H and O–H groups in total. The highest BCUT2D eigenvalue weighted by Gasteiger charge is 2.16. The number of aliphatic hydroxyl groups excluding tert-OH is 1. The van der Waals surface area contributed by atoms with E-state index in [1.54, 1.807) is 10.6 Å². The molecule has 1 aromatic heterocycles. The maximum Gasteiger partial charge on any atom is 0.240 e. The predicted molar refractivity (Wildman–Crippen MR) is 81.3 cm³/mol. The van der Waals surface area contributed by atoms with Gasteiger partial charge in [0.05, 0.1) is 11.0 Å². The number of sulfonamides is 1. The molecule has 0 spiro atoms. The molecule has 0 fully saturated rings. The minimum Gasteiger partial charge on any atom is -0.387 e. The van der Waals surface area contributed by atoms with Crippen LogP contribution in [0, 0.1) is 12.7 Å². The van der Waals surface area contributed by atoms with Gasteiger partial charge < -0.3 is 9.67 Å².